The predicted molar refractivity (Wildman–Crippen MR) is 119 cm³/mol. The fourth-order valence-electron chi connectivity index (χ4n) is 4.34. The van der Waals surface area contributed by atoms with Crippen LogP contribution in [0.4, 0.5) is 0 Å². The second-order valence-electron chi connectivity index (χ2n) is 8.81. The Morgan fingerprint density at radius 2 is 1.97 bits per heavy atom. The molecule has 0 unspecified atom stereocenters. The van der Waals surface area contributed by atoms with E-state index in [2.05, 4.69) is 26.9 Å². The van der Waals surface area contributed by atoms with Crippen molar-refractivity contribution >= 4 is 28.2 Å². The van der Waals surface area contributed by atoms with Crippen molar-refractivity contribution < 1.29 is 9.26 Å². The van der Waals surface area contributed by atoms with Crippen molar-refractivity contribution in [3.63, 3.8) is 0 Å². The lowest BCUT2D eigenvalue weighted by molar-refractivity contribution is 0.0364. The molecule has 1 aliphatic carbocycles. The molecule has 0 spiro atoms. The Morgan fingerprint density at radius 3 is 2.75 bits per heavy atom. The maximum absolute atomic E-state index is 13.7. The number of rotatable bonds is 5. The van der Waals surface area contributed by atoms with E-state index in [0.717, 1.165) is 38.0 Å². The minimum absolute atomic E-state index is 0.0319. The summed E-state index contributed by atoms with van der Waals surface area (Å²) in [6.45, 7) is 6.47. The summed E-state index contributed by atoms with van der Waals surface area (Å²) in [5, 5.41) is 4.68. The summed E-state index contributed by atoms with van der Waals surface area (Å²) in [6.07, 6.45) is 3.69. The van der Waals surface area contributed by atoms with Crippen LogP contribution in [0.5, 0.6) is 0 Å². The number of hydrogen-bond acceptors (Lipinski definition) is 7. The van der Waals surface area contributed by atoms with E-state index in [-0.39, 0.29) is 16.9 Å². The zero-order chi connectivity index (χ0) is 21.9. The summed E-state index contributed by atoms with van der Waals surface area (Å²) in [5.41, 5.74) is 2.11. The molecule has 10 heteroatoms. The van der Waals surface area contributed by atoms with E-state index in [4.69, 9.17) is 20.9 Å². The molecule has 4 heterocycles. The number of imidazole rings is 1. The van der Waals surface area contributed by atoms with E-state index in [9.17, 15) is 4.79 Å². The highest BCUT2D eigenvalue weighted by atomic mass is 35.5. The van der Waals surface area contributed by atoms with Crippen molar-refractivity contribution in [1.29, 1.82) is 0 Å². The van der Waals surface area contributed by atoms with Gasteiger partial charge < -0.3 is 13.8 Å². The van der Waals surface area contributed by atoms with Gasteiger partial charge in [0.15, 0.2) is 11.5 Å². The fraction of sp³-hybridized carbons (Fsp3) is 0.455. The maximum Gasteiger partial charge on any atom is 0.279 e. The number of halogens is 1. The van der Waals surface area contributed by atoms with E-state index in [0.29, 0.717) is 47.3 Å². The molecular formula is C22H23ClN6O3. The third-order valence-electron chi connectivity index (χ3n) is 6.62. The normalized spacial score (nSPS) is 18.6. The number of nitrogens with zero attached hydrogens (tertiary/aromatic N) is 6. The summed E-state index contributed by atoms with van der Waals surface area (Å²) in [5.74, 6) is 0.943. The first-order chi connectivity index (χ1) is 15.5. The van der Waals surface area contributed by atoms with Gasteiger partial charge >= 0.3 is 0 Å². The molecule has 4 aromatic rings. The van der Waals surface area contributed by atoms with Crippen molar-refractivity contribution in [2.45, 2.75) is 31.7 Å². The fourth-order valence-corrected chi connectivity index (χ4v) is 4.61. The number of para-hydroxylation sites is 1. The van der Waals surface area contributed by atoms with Crippen molar-refractivity contribution in [1.82, 2.24) is 29.0 Å². The molecule has 0 radical (unpaired) electrons. The largest absolute Gasteiger partial charge is 0.379 e. The third-order valence-corrected chi connectivity index (χ3v) is 6.93. The van der Waals surface area contributed by atoms with Crippen LogP contribution >= 0.6 is 11.6 Å². The SMILES string of the molecule is CC1(c2noc(-c3ncn4c3c(=O)n(CCN3CCOCC3)c3c(Cl)cccc34)n2)CC1. The van der Waals surface area contributed by atoms with Crippen molar-refractivity contribution in [2.24, 2.45) is 0 Å². The Balaban J connectivity index is 1.50. The smallest absolute Gasteiger partial charge is 0.279 e. The average Bonchev–Trinajstić information content (AvgIpc) is 3.19. The first-order valence-electron chi connectivity index (χ1n) is 10.9. The van der Waals surface area contributed by atoms with Crippen LogP contribution in [-0.4, -0.2) is 61.8 Å². The third kappa shape index (κ3) is 3.15. The van der Waals surface area contributed by atoms with E-state index in [1.165, 1.54) is 0 Å². The molecule has 1 aromatic carbocycles. The molecule has 1 aliphatic heterocycles. The molecule has 3 aromatic heterocycles. The average molecular weight is 455 g/mol. The highest BCUT2D eigenvalue weighted by Crippen LogP contribution is 2.46. The van der Waals surface area contributed by atoms with Gasteiger partial charge in [-0.3, -0.25) is 14.1 Å². The van der Waals surface area contributed by atoms with Crippen molar-refractivity contribution in [2.75, 3.05) is 32.8 Å². The van der Waals surface area contributed by atoms with Crippen LogP contribution in [0.2, 0.25) is 5.02 Å². The standard InChI is InChI=1S/C22H23ClN6O3/c1-22(5-6-22)21-25-19(32-26-21)16-18-20(30)28(8-7-27-9-11-31-12-10-27)17-14(23)3-2-4-15(17)29(18)13-24-16/h2-4,13H,5-12H2,1H3. The lowest BCUT2D eigenvalue weighted by Crippen LogP contribution is -2.39. The van der Waals surface area contributed by atoms with Crippen molar-refractivity contribution in [3.05, 3.63) is 45.7 Å². The molecule has 0 amide bonds. The molecular weight excluding hydrogens is 432 g/mol. The molecule has 0 N–H and O–H groups in total. The maximum atomic E-state index is 13.7. The van der Waals surface area contributed by atoms with Crippen LogP contribution in [0.3, 0.4) is 0 Å². The van der Waals surface area contributed by atoms with Crippen LogP contribution in [0.1, 0.15) is 25.6 Å². The van der Waals surface area contributed by atoms with E-state index >= 15 is 0 Å². The van der Waals surface area contributed by atoms with Crippen molar-refractivity contribution in [3.8, 4) is 11.6 Å². The zero-order valence-corrected chi connectivity index (χ0v) is 18.5. The van der Waals surface area contributed by atoms with Gasteiger partial charge in [0.25, 0.3) is 11.4 Å². The molecule has 1 saturated heterocycles. The quantitative estimate of drug-likeness (QED) is 0.458. The topological polar surface area (TPSA) is 90.7 Å². The van der Waals surface area contributed by atoms with Gasteiger partial charge in [0.05, 0.1) is 29.3 Å². The van der Waals surface area contributed by atoms with Gasteiger partial charge in [-0.25, -0.2) is 4.98 Å². The molecule has 166 valence electrons. The van der Waals surface area contributed by atoms with Gasteiger partial charge in [-0.1, -0.05) is 29.7 Å². The molecule has 2 aliphatic rings. The lowest BCUT2D eigenvalue weighted by atomic mass is 10.1. The molecule has 0 bridgehead atoms. The Labute approximate surface area is 188 Å². The van der Waals surface area contributed by atoms with Crippen LogP contribution in [0.25, 0.3) is 28.1 Å². The monoisotopic (exact) mass is 454 g/mol. The first kappa shape index (κ1) is 19.9. The highest BCUT2D eigenvalue weighted by Gasteiger charge is 2.44. The molecule has 0 atom stereocenters. The second kappa shape index (κ2) is 7.40. The molecule has 2 fully saturated rings. The molecule has 32 heavy (non-hydrogen) atoms. The number of hydrogen-bond donors (Lipinski definition) is 0. The van der Waals surface area contributed by atoms with Crippen LogP contribution < -0.4 is 5.56 Å². The Bertz CT molecular complexity index is 1380. The Morgan fingerprint density at radius 1 is 1.16 bits per heavy atom. The summed E-state index contributed by atoms with van der Waals surface area (Å²) in [4.78, 5) is 25.1. The minimum atomic E-state index is -0.177. The summed E-state index contributed by atoms with van der Waals surface area (Å²) in [7, 11) is 0. The number of benzene rings is 1. The number of fused-ring (bicyclic) bond motifs is 3. The zero-order valence-electron chi connectivity index (χ0n) is 17.8. The Hall–Kier alpha value is -2.75. The van der Waals surface area contributed by atoms with Gasteiger partial charge in [-0.15, -0.1) is 0 Å². The van der Waals surface area contributed by atoms with Crippen LogP contribution in [0, 0.1) is 0 Å². The first-order valence-corrected chi connectivity index (χ1v) is 11.3. The van der Waals surface area contributed by atoms with E-state index in [1.807, 2.05) is 12.1 Å². The highest BCUT2D eigenvalue weighted by molar-refractivity contribution is 6.35. The number of ether oxygens (including phenoxy) is 1. The van der Waals surface area contributed by atoms with Gasteiger partial charge in [0.1, 0.15) is 11.8 Å². The van der Waals surface area contributed by atoms with Gasteiger partial charge in [0.2, 0.25) is 0 Å². The molecule has 1 saturated carbocycles. The van der Waals surface area contributed by atoms with Gasteiger partial charge in [0, 0.05) is 31.6 Å². The Kier molecular flexibility index (Phi) is 4.60. The number of morpholine rings is 1. The van der Waals surface area contributed by atoms with Crippen LogP contribution in [-0.2, 0) is 16.7 Å². The predicted octanol–water partition coefficient (Wildman–Crippen LogP) is 2.74. The van der Waals surface area contributed by atoms with Gasteiger partial charge in [-0.05, 0) is 25.0 Å². The van der Waals surface area contributed by atoms with E-state index < -0.39 is 0 Å². The number of aromatic nitrogens is 5. The summed E-state index contributed by atoms with van der Waals surface area (Å²) >= 11 is 6.57. The van der Waals surface area contributed by atoms with Crippen LogP contribution in [0.15, 0.2) is 33.8 Å². The molecule has 6 rings (SSSR count). The summed E-state index contributed by atoms with van der Waals surface area (Å²) in [6, 6.07) is 5.62. The minimum Gasteiger partial charge on any atom is -0.379 e. The molecule has 9 nitrogen and oxygen atoms in total. The van der Waals surface area contributed by atoms with Gasteiger partial charge in [-0.2, -0.15) is 4.98 Å². The summed E-state index contributed by atoms with van der Waals surface area (Å²) < 4.78 is 14.5. The second-order valence-corrected chi connectivity index (χ2v) is 9.22. The lowest BCUT2D eigenvalue weighted by Gasteiger charge is -2.27. The van der Waals surface area contributed by atoms with E-state index in [1.54, 1.807) is 21.4 Å².